The first-order chi connectivity index (χ1) is 8.43. The molecule has 0 aromatic heterocycles. The smallest absolute Gasteiger partial charge is 0.220 e. The van der Waals surface area contributed by atoms with E-state index >= 15 is 0 Å². The van der Waals surface area contributed by atoms with E-state index in [1.807, 2.05) is 0 Å². The fourth-order valence-corrected chi connectivity index (χ4v) is 2.90. The number of carbonyl (C=O) groups is 1. The Morgan fingerprint density at radius 3 is 2.56 bits per heavy atom. The molecule has 1 N–H and O–H groups in total. The van der Waals surface area contributed by atoms with Gasteiger partial charge in [0.2, 0.25) is 15.9 Å². The van der Waals surface area contributed by atoms with Gasteiger partial charge in [-0.3, -0.25) is 4.79 Å². The van der Waals surface area contributed by atoms with Crippen molar-refractivity contribution in [2.24, 2.45) is 5.92 Å². The van der Waals surface area contributed by atoms with E-state index in [2.05, 4.69) is 11.9 Å². The minimum atomic E-state index is -3.06. The van der Waals surface area contributed by atoms with Crippen molar-refractivity contribution in [1.29, 1.82) is 0 Å². The van der Waals surface area contributed by atoms with Gasteiger partial charge in [-0.2, -0.15) is 0 Å². The number of nitrogens with one attached hydrogen (secondary N) is 1. The van der Waals surface area contributed by atoms with Gasteiger partial charge in [0.15, 0.2) is 0 Å². The predicted octanol–water partition coefficient (Wildman–Crippen LogP) is 0.740. The first kappa shape index (κ1) is 15.2. The lowest BCUT2D eigenvalue weighted by Crippen LogP contribution is -2.41. The lowest BCUT2D eigenvalue weighted by atomic mass is 9.98. The third kappa shape index (κ3) is 5.18. The van der Waals surface area contributed by atoms with Crippen molar-refractivity contribution in [3.8, 4) is 0 Å². The third-order valence-electron chi connectivity index (χ3n) is 3.21. The fraction of sp³-hybridized carbons (Fsp3) is 0.750. The van der Waals surface area contributed by atoms with Crippen LogP contribution < -0.4 is 5.32 Å². The van der Waals surface area contributed by atoms with Crippen LogP contribution in [0.4, 0.5) is 0 Å². The molecule has 0 unspecified atom stereocenters. The van der Waals surface area contributed by atoms with E-state index in [4.69, 9.17) is 0 Å². The van der Waals surface area contributed by atoms with E-state index < -0.39 is 10.0 Å². The summed E-state index contributed by atoms with van der Waals surface area (Å²) in [6.45, 7) is 5.34. The highest BCUT2D eigenvalue weighted by Gasteiger charge is 2.24. The Hall–Kier alpha value is -0.880. The maximum absolute atomic E-state index is 11.4. The maximum atomic E-state index is 11.4. The van der Waals surface area contributed by atoms with Crippen molar-refractivity contribution in [1.82, 2.24) is 9.62 Å². The van der Waals surface area contributed by atoms with E-state index in [0.29, 0.717) is 38.4 Å². The highest BCUT2D eigenvalue weighted by molar-refractivity contribution is 7.88. The van der Waals surface area contributed by atoms with Crippen LogP contribution >= 0.6 is 0 Å². The van der Waals surface area contributed by atoms with Crippen LogP contribution in [0.2, 0.25) is 0 Å². The van der Waals surface area contributed by atoms with Gasteiger partial charge in [0.1, 0.15) is 0 Å². The summed E-state index contributed by atoms with van der Waals surface area (Å²) < 4.78 is 24.2. The topological polar surface area (TPSA) is 66.5 Å². The summed E-state index contributed by atoms with van der Waals surface area (Å²) in [6.07, 6.45) is 5.77. The van der Waals surface area contributed by atoms with Gasteiger partial charge in [-0.05, 0) is 25.2 Å². The highest BCUT2D eigenvalue weighted by Crippen LogP contribution is 2.18. The molecule has 0 saturated carbocycles. The molecular weight excluding hydrogens is 252 g/mol. The Morgan fingerprint density at radius 2 is 2.06 bits per heavy atom. The SMILES string of the molecule is C=CCCC(=O)NCC1CCN(S(C)(=O)=O)CC1. The largest absolute Gasteiger partial charge is 0.356 e. The lowest BCUT2D eigenvalue weighted by Gasteiger charge is -2.30. The minimum Gasteiger partial charge on any atom is -0.356 e. The van der Waals surface area contributed by atoms with Crippen molar-refractivity contribution < 1.29 is 13.2 Å². The summed E-state index contributed by atoms with van der Waals surface area (Å²) in [4.78, 5) is 11.4. The third-order valence-corrected chi connectivity index (χ3v) is 4.51. The van der Waals surface area contributed by atoms with E-state index in [-0.39, 0.29) is 5.91 Å². The summed E-state index contributed by atoms with van der Waals surface area (Å²) in [5.74, 6) is 0.427. The number of hydrogen-bond acceptors (Lipinski definition) is 3. The second-order valence-electron chi connectivity index (χ2n) is 4.74. The van der Waals surface area contributed by atoms with Crippen molar-refractivity contribution >= 4 is 15.9 Å². The van der Waals surface area contributed by atoms with Gasteiger partial charge in [0.05, 0.1) is 6.26 Å². The van der Waals surface area contributed by atoms with Gasteiger partial charge in [-0.15, -0.1) is 6.58 Å². The average molecular weight is 274 g/mol. The molecule has 0 aromatic carbocycles. The second-order valence-corrected chi connectivity index (χ2v) is 6.72. The number of sulfonamides is 1. The van der Waals surface area contributed by atoms with Gasteiger partial charge in [-0.1, -0.05) is 6.08 Å². The molecule has 1 fully saturated rings. The molecule has 0 aromatic rings. The predicted molar refractivity (Wildman–Crippen MR) is 71.6 cm³/mol. The first-order valence-electron chi connectivity index (χ1n) is 6.26. The van der Waals surface area contributed by atoms with Crippen molar-refractivity contribution in [2.45, 2.75) is 25.7 Å². The molecular formula is C12H22N2O3S. The second kappa shape index (κ2) is 6.89. The lowest BCUT2D eigenvalue weighted by molar-refractivity contribution is -0.121. The van der Waals surface area contributed by atoms with Crippen LogP contribution in [0.25, 0.3) is 0 Å². The van der Waals surface area contributed by atoms with Crippen LogP contribution in [0.1, 0.15) is 25.7 Å². The van der Waals surface area contributed by atoms with Crippen LogP contribution in [-0.4, -0.2) is 44.5 Å². The number of allylic oxidation sites excluding steroid dienone is 1. The van der Waals surface area contributed by atoms with Gasteiger partial charge in [0, 0.05) is 26.1 Å². The van der Waals surface area contributed by atoms with Crippen LogP contribution in [0, 0.1) is 5.92 Å². The summed E-state index contributed by atoms with van der Waals surface area (Å²) in [5.41, 5.74) is 0. The summed E-state index contributed by atoms with van der Waals surface area (Å²) in [7, 11) is -3.06. The Bertz CT molecular complexity index is 384. The summed E-state index contributed by atoms with van der Waals surface area (Å²) in [6, 6.07) is 0. The Kier molecular flexibility index (Phi) is 5.81. The van der Waals surface area contributed by atoms with Crippen LogP contribution in [0.5, 0.6) is 0 Å². The van der Waals surface area contributed by atoms with E-state index in [0.717, 1.165) is 12.8 Å². The van der Waals surface area contributed by atoms with E-state index in [9.17, 15) is 13.2 Å². The molecule has 0 spiro atoms. The average Bonchev–Trinajstić information content (AvgIpc) is 2.33. The monoisotopic (exact) mass is 274 g/mol. The number of amides is 1. The molecule has 1 saturated heterocycles. The molecule has 1 aliphatic heterocycles. The number of carbonyl (C=O) groups excluding carboxylic acids is 1. The van der Waals surface area contributed by atoms with E-state index in [1.165, 1.54) is 10.6 Å². The van der Waals surface area contributed by atoms with Crippen molar-refractivity contribution in [3.63, 3.8) is 0 Å². The molecule has 18 heavy (non-hydrogen) atoms. The van der Waals surface area contributed by atoms with Gasteiger partial charge in [0.25, 0.3) is 0 Å². The zero-order valence-corrected chi connectivity index (χ0v) is 11.7. The number of rotatable bonds is 6. The van der Waals surface area contributed by atoms with Gasteiger partial charge < -0.3 is 5.32 Å². The van der Waals surface area contributed by atoms with Crippen LogP contribution in [-0.2, 0) is 14.8 Å². The van der Waals surface area contributed by atoms with Crippen LogP contribution in [0.15, 0.2) is 12.7 Å². The summed E-state index contributed by atoms with van der Waals surface area (Å²) in [5, 5.41) is 2.89. The Balaban J connectivity index is 2.24. The zero-order chi connectivity index (χ0) is 13.6. The number of nitrogens with zero attached hydrogens (tertiary/aromatic N) is 1. The quantitative estimate of drug-likeness (QED) is 0.727. The van der Waals surface area contributed by atoms with Crippen molar-refractivity contribution in [3.05, 3.63) is 12.7 Å². The summed E-state index contributed by atoms with van der Waals surface area (Å²) >= 11 is 0. The van der Waals surface area contributed by atoms with Crippen molar-refractivity contribution in [2.75, 3.05) is 25.9 Å². The molecule has 1 aliphatic rings. The molecule has 104 valence electrons. The Morgan fingerprint density at radius 1 is 1.44 bits per heavy atom. The van der Waals surface area contributed by atoms with Gasteiger partial charge >= 0.3 is 0 Å². The molecule has 0 radical (unpaired) electrons. The molecule has 0 aliphatic carbocycles. The number of piperidine rings is 1. The minimum absolute atomic E-state index is 0.0421. The zero-order valence-electron chi connectivity index (χ0n) is 10.9. The Labute approximate surface area is 109 Å². The highest BCUT2D eigenvalue weighted by atomic mass is 32.2. The standard InChI is InChI=1S/C12H22N2O3S/c1-3-4-5-12(15)13-10-11-6-8-14(9-7-11)18(2,16)17/h3,11H,1,4-10H2,2H3,(H,13,15). The van der Waals surface area contributed by atoms with Gasteiger partial charge in [-0.25, -0.2) is 12.7 Å². The molecule has 1 rings (SSSR count). The van der Waals surface area contributed by atoms with Crippen LogP contribution in [0.3, 0.4) is 0 Å². The molecule has 1 heterocycles. The normalized spacial score (nSPS) is 18.5. The molecule has 6 heteroatoms. The molecule has 1 amide bonds. The maximum Gasteiger partial charge on any atom is 0.220 e. The fourth-order valence-electron chi connectivity index (χ4n) is 2.02. The van der Waals surface area contributed by atoms with E-state index in [1.54, 1.807) is 6.08 Å². The first-order valence-corrected chi connectivity index (χ1v) is 8.11. The molecule has 0 bridgehead atoms. The number of hydrogen-bond donors (Lipinski definition) is 1. The molecule has 5 nitrogen and oxygen atoms in total. The molecule has 0 atom stereocenters.